The van der Waals surface area contributed by atoms with Crippen LogP contribution in [0.4, 0.5) is 0 Å². The summed E-state index contributed by atoms with van der Waals surface area (Å²) in [6, 6.07) is 12.5. The highest BCUT2D eigenvalue weighted by Gasteiger charge is 2.34. The maximum atomic E-state index is 12.9. The van der Waals surface area contributed by atoms with E-state index in [0.29, 0.717) is 23.7 Å². The third-order valence-corrected chi connectivity index (χ3v) is 7.08. The molecule has 150 valence electrons. The van der Waals surface area contributed by atoms with Gasteiger partial charge in [0.2, 0.25) is 0 Å². The van der Waals surface area contributed by atoms with Crippen LogP contribution in [0.5, 0.6) is 5.75 Å². The van der Waals surface area contributed by atoms with Crippen molar-refractivity contribution < 1.29 is 17.9 Å². The Labute approximate surface area is 171 Å². The number of nitrogens with zero attached hydrogens (tertiary/aromatic N) is 1. The fraction of sp³-hybridized carbons (Fsp3) is 0.381. The van der Waals surface area contributed by atoms with Gasteiger partial charge in [0.15, 0.2) is 16.4 Å². The smallest absolute Gasteiger partial charge is 0.261 e. The van der Waals surface area contributed by atoms with Crippen molar-refractivity contribution in [1.29, 1.82) is 0 Å². The van der Waals surface area contributed by atoms with E-state index in [1.807, 2.05) is 44.2 Å². The molecule has 1 saturated heterocycles. The Morgan fingerprint density at radius 3 is 2.46 bits per heavy atom. The van der Waals surface area contributed by atoms with Crippen LogP contribution in [0, 0.1) is 13.8 Å². The van der Waals surface area contributed by atoms with Gasteiger partial charge in [-0.25, -0.2) is 8.42 Å². The average molecular weight is 422 g/mol. The molecule has 1 fully saturated rings. The number of rotatable bonds is 6. The summed E-state index contributed by atoms with van der Waals surface area (Å²) in [5.74, 6) is 0.507. The van der Waals surface area contributed by atoms with Gasteiger partial charge >= 0.3 is 0 Å². The van der Waals surface area contributed by atoms with E-state index in [1.54, 1.807) is 17.0 Å². The van der Waals surface area contributed by atoms with E-state index >= 15 is 0 Å². The largest absolute Gasteiger partial charge is 0.484 e. The van der Waals surface area contributed by atoms with Crippen molar-refractivity contribution in [3.63, 3.8) is 0 Å². The van der Waals surface area contributed by atoms with E-state index in [9.17, 15) is 13.2 Å². The fourth-order valence-electron chi connectivity index (χ4n) is 3.26. The van der Waals surface area contributed by atoms with E-state index in [2.05, 4.69) is 0 Å². The third kappa shape index (κ3) is 5.26. The number of carbonyl (C=O) groups excluding carboxylic acids is 1. The highest BCUT2D eigenvalue weighted by Crippen LogP contribution is 2.22. The van der Waals surface area contributed by atoms with E-state index in [1.165, 1.54) is 0 Å². The van der Waals surface area contributed by atoms with E-state index in [0.717, 1.165) is 16.7 Å². The molecule has 2 aromatic rings. The lowest BCUT2D eigenvalue weighted by Crippen LogP contribution is -2.43. The molecule has 0 radical (unpaired) electrons. The number of hydrogen-bond acceptors (Lipinski definition) is 4. The van der Waals surface area contributed by atoms with Gasteiger partial charge in [0.25, 0.3) is 5.91 Å². The van der Waals surface area contributed by atoms with Gasteiger partial charge in [-0.3, -0.25) is 4.79 Å². The van der Waals surface area contributed by atoms with E-state index < -0.39 is 9.84 Å². The molecular formula is C21H24ClNO4S. The highest BCUT2D eigenvalue weighted by atomic mass is 35.5. The minimum atomic E-state index is -3.11. The first kappa shape index (κ1) is 20.7. The summed E-state index contributed by atoms with van der Waals surface area (Å²) in [5, 5.41) is 0.614. The molecule has 0 aromatic heterocycles. The van der Waals surface area contributed by atoms with Gasteiger partial charge < -0.3 is 9.64 Å². The van der Waals surface area contributed by atoms with Gasteiger partial charge in [0.05, 0.1) is 11.5 Å². The van der Waals surface area contributed by atoms with Crippen molar-refractivity contribution >= 4 is 27.3 Å². The van der Waals surface area contributed by atoms with Crippen molar-refractivity contribution in [3.8, 4) is 5.75 Å². The summed E-state index contributed by atoms with van der Waals surface area (Å²) in [6.45, 7) is 4.19. The topological polar surface area (TPSA) is 63.7 Å². The van der Waals surface area contributed by atoms with Gasteiger partial charge in [-0.1, -0.05) is 29.8 Å². The third-order valence-electron chi connectivity index (χ3n) is 5.08. The number of ether oxygens (including phenoxy) is 1. The summed E-state index contributed by atoms with van der Waals surface area (Å²) in [5.41, 5.74) is 3.14. The van der Waals surface area contributed by atoms with Crippen molar-refractivity contribution in [2.45, 2.75) is 32.9 Å². The number of carbonyl (C=O) groups is 1. The predicted octanol–water partition coefficient (Wildman–Crippen LogP) is 3.55. The maximum Gasteiger partial charge on any atom is 0.261 e. The van der Waals surface area contributed by atoms with Crippen LogP contribution in [0.2, 0.25) is 5.02 Å². The Morgan fingerprint density at radius 1 is 1.14 bits per heavy atom. The normalized spacial score (nSPS) is 18.0. The Morgan fingerprint density at radius 2 is 1.86 bits per heavy atom. The number of halogens is 1. The van der Waals surface area contributed by atoms with Crippen molar-refractivity contribution in [1.82, 2.24) is 4.90 Å². The number of benzene rings is 2. The molecule has 0 spiro atoms. The lowest BCUT2D eigenvalue weighted by atomic mass is 10.1. The summed E-state index contributed by atoms with van der Waals surface area (Å²) >= 11 is 5.94. The zero-order chi connectivity index (χ0) is 20.3. The second-order valence-electron chi connectivity index (χ2n) is 7.24. The minimum absolute atomic E-state index is 0.00400. The van der Waals surface area contributed by atoms with Crippen LogP contribution in [-0.2, 0) is 21.2 Å². The molecule has 1 amide bonds. The van der Waals surface area contributed by atoms with Crippen molar-refractivity contribution in [2.75, 3.05) is 18.1 Å². The molecule has 0 unspecified atom stereocenters. The van der Waals surface area contributed by atoms with Gasteiger partial charge in [-0.05, 0) is 61.2 Å². The molecule has 2 aromatic carbocycles. The first-order valence-electron chi connectivity index (χ1n) is 9.18. The molecule has 5 nitrogen and oxygen atoms in total. The summed E-state index contributed by atoms with van der Waals surface area (Å²) in [7, 11) is -3.11. The quantitative estimate of drug-likeness (QED) is 0.715. The van der Waals surface area contributed by atoms with Crippen LogP contribution in [-0.4, -0.2) is 43.4 Å². The second-order valence-corrected chi connectivity index (χ2v) is 9.90. The van der Waals surface area contributed by atoms with Gasteiger partial charge in [-0.15, -0.1) is 0 Å². The summed E-state index contributed by atoms with van der Waals surface area (Å²) in [6.07, 6.45) is 0.450. The van der Waals surface area contributed by atoms with Gasteiger partial charge in [0.1, 0.15) is 5.75 Å². The van der Waals surface area contributed by atoms with Crippen LogP contribution in [0.3, 0.4) is 0 Å². The van der Waals surface area contributed by atoms with Crippen LogP contribution in [0.1, 0.15) is 23.1 Å². The number of hydrogen-bond donors (Lipinski definition) is 0. The average Bonchev–Trinajstić information content (AvgIpc) is 3.01. The Kier molecular flexibility index (Phi) is 6.30. The van der Waals surface area contributed by atoms with E-state index in [4.69, 9.17) is 16.3 Å². The number of sulfone groups is 1. The SMILES string of the molecule is Cc1ccc(OCC(=O)N(Cc2ccc(Cl)cc2)[C@@H]2CCS(=O)(=O)C2)cc1C. The highest BCUT2D eigenvalue weighted by molar-refractivity contribution is 7.91. The molecule has 3 rings (SSSR count). The Balaban J connectivity index is 1.73. The van der Waals surface area contributed by atoms with Crippen LogP contribution in [0.15, 0.2) is 42.5 Å². The van der Waals surface area contributed by atoms with Crippen LogP contribution < -0.4 is 4.74 Å². The molecule has 1 aliphatic heterocycles. The Hall–Kier alpha value is -2.05. The molecule has 0 N–H and O–H groups in total. The molecule has 1 atom stereocenters. The molecule has 0 aliphatic carbocycles. The molecule has 7 heteroatoms. The lowest BCUT2D eigenvalue weighted by Gasteiger charge is -2.28. The number of aryl methyl sites for hydroxylation is 2. The first-order valence-corrected chi connectivity index (χ1v) is 11.4. The molecule has 1 heterocycles. The molecule has 0 bridgehead atoms. The standard InChI is InChI=1S/C21H24ClNO4S/c1-15-3-8-20(11-16(15)2)27-13-21(24)23(19-9-10-28(25,26)14-19)12-17-4-6-18(22)7-5-17/h3-8,11,19H,9-10,12-14H2,1-2H3/t19-/m1/s1. The molecule has 28 heavy (non-hydrogen) atoms. The first-order chi connectivity index (χ1) is 13.2. The maximum absolute atomic E-state index is 12.9. The van der Waals surface area contributed by atoms with E-state index in [-0.39, 0.29) is 30.1 Å². The predicted molar refractivity (Wildman–Crippen MR) is 110 cm³/mol. The van der Waals surface area contributed by atoms with Gasteiger partial charge in [0, 0.05) is 17.6 Å². The van der Waals surface area contributed by atoms with Crippen molar-refractivity contribution in [3.05, 3.63) is 64.2 Å². The van der Waals surface area contributed by atoms with Crippen LogP contribution >= 0.6 is 11.6 Å². The van der Waals surface area contributed by atoms with Gasteiger partial charge in [-0.2, -0.15) is 0 Å². The second kappa shape index (κ2) is 8.53. The molecular weight excluding hydrogens is 398 g/mol. The lowest BCUT2D eigenvalue weighted by molar-refractivity contribution is -0.136. The fourth-order valence-corrected chi connectivity index (χ4v) is 5.12. The zero-order valence-corrected chi connectivity index (χ0v) is 17.6. The molecule has 1 aliphatic rings. The monoisotopic (exact) mass is 421 g/mol. The Bertz CT molecular complexity index is 957. The summed E-state index contributed by atoms with van der Waals surface area (Å²) < 4.78 is 29.5. The zero-order valence-electron chi connectivity index (χ0n) is 16.0. The van der Waals surface area contributed by atoms with Crippen LogP contribution in [0.25, 0.3) is 0 Å². The molecule has 0 saturated carbocycles. The van der Waals surface area contributed by atoms with Crippen molar-refractivity contribution in [2.24, 2.45) is 0 Å². The number of amides is 1. The summed E-state index contributed by atoms with van der Waals surface area (Å²) in [4.78, 5) is 14.5. The minimum Gasteiger partial charge on any atom is -0.484 e.